The summed E-state index contributed by atoms with van der Waals surface area (Å²) in [6, 6.07) is 1.60. The number of halogens is 2. The van der Waals surface area contributed by atoms with Crippen LogP contribution in [0.5, 0.6) is 0 Å². The van der Waals surface area contributed by atoms with Crippen molar-refractivity contribution in [2.45, 2.75) is 0 Å². The van der Waals surface area contributed by atoms with Gasteiger partial charge in [0.25, 0.3) is 0 Å². The molecule has 3 aromatic rings. The lowest BCUT2D eigenvalue weighted by atomic mass is 10.1. The molecular weight excluding hydrogens is 321 g/mol. The molecule has 0 aliphatic carbocycles. The normalized spacial score (nSPS) is 15.3. The predicted molar refractivity (Wildman–Crippen MR) is 85.1 cm³/mol. The molecular formula is C15H13ClFN5O. The molecule has 3 aromatic heterocycles. The molecule has 0 amide bonds. The fourth-order valence-corrected chi connectivity index (χ4v) is 2.96. The minimum atomic E-state index is -0.549. The van der Waals surface area contributed by atoms with E-state index in [1.54, 1.807) is 12.3 Å². The molecule has 0 bridgehead atoms. The maximum atomic E-state index is 14.4. The molecule has 1 saturated heterocycles. The number of hydrogen-bond acceptors (Lipinski definition) is 5. The lowest BCUT2D eigenvalue weighted by molar-refractivity contribution is 0.122. The van der Waals surface area contributed by atoms with Crippen LogP contribution in [0.15, 0.2) is 24.8 Å². The number of ether oxygens (including phenoxy) is 1. The summed E-state index contributed by atoms with van der Waals surface area (Å²) in [6.07, 6.45) is 4.71. The SMILES string of the molecule is Fc1c(-c2c[nH]c3ncnc(N4CCOCC4)c23)ccnc1Cl. The molecule has 4 rings (SSSR count). The molecule has 1 aliphatic rings. The molecule has 1 aliphatic heterocycles. The van der Waals surface area contributed by atoms with Crippen molar-refractivity contribution >= 4 is 28.5 Å². The summed E-state index contributed by atoms with van der Waals surface area (Å²) in [5.74, 6) is 0.216. The first-order chi connectivity index (χ1) is 11.3. The summed E-state index contributed by atoms with van der Waals surface area (Å²) in [7, 11) is 0. The summed E-state index contributed by atoms with van der Waals surface area (Å²) in [5.41, 5.74) is 1.70. The Morgan fingerprint density at radius 1 is 1.17 bits per heavy atom. The number of morpholine rings is 1. The molecule has 23 heavy (non-hydrogen) atoms. The summed E-state index contributed by atoms with van der Waals surface area (Å²) in [6.45, 7) is 2.74. The van der Waals surface area contributed by atoms with Gasteiger partial charge in [-0.2, -0.15) is 0 Å². The third kappa shape index (κ3) is 2.42. The van der Waals surface area contributed by atoms with Crippen LogP contribution in [-0.4, -0.2) is 46.2 Å². The lowest BCUT2D eigenvalue weighted by Gasteiger charge is -2.28. The molecule has 0 unspecified atom stereocenters. The molecule has 0 saturated carbocycles. The van der Waals surface area contributed by atoms with Gasteiger partial charge >= 0.3 is 0 Å². The van der Waals surface area contributed by atoms with Gasteiger partial charge in [0.1, 0.15) is 17.8 Å². The molecule has 1 fully saturated rings. The van der Waals surface area contributed by atoms with E-state index >= 15 is 0 Å². The average Bonchev–Trinajstić information content (AvgIpc) is 3.02. The number of aromatic amines is 1. The van der Waals surface area contributed by atoms with Gasteiger partial charge in [0, 0.05) is 36.6 Å². The highest BCUT2D eigenvalue weighted by Gasteiger charge is 2.21. The number of nitrogens with zero attached hydrogens (tertiary/aromatic N) is 4. The average molecular weight is 334 g/mol. The summed E-state index contributed by atoms with van der Waals surface area (Å²) < 4.78 is 19.8. The van der Waals surface area contributed by atoms with E-state index in [-0.39, 0.29) is 5.15 Å². The second-order valence-electron chi connectivity index (χ2n) is 5.19. The Morgan fingerprint density at radius 2 is 2.00 bits per heavy atom. The van der Waals surface area contributed by atoms with Gasteiger partial charge in [-0.3, -0.25) is 0 Å². The summed E-state index contributed by atoms with van der Waals surface area (Å²) >= 11 is 5.82. The Hall–Kier alpha value is -2.25. The van der Waals surface area contributed by atoms with Crippen molar-refractivity contribution in [1.82, 2.24) is 19.9 Å². The molecule has 6 nitrogen and oxygen atoms in total. The van der Waals surface area contributed by atoms with E-state index in [0.717, 1.165) is 24.3 Å². The van der Waals surface area contributed by atoms with Crippen molar-refractivity contribution in [3.05, 3.63) is 35.8 Å². The second kappa shape index (κ2) is 5.75. The molecule has 118 valence electrons. The smallest absolute Gasteiger partial charge is 0.168 e. The van der Waals surface area contributed by atoms with Crippen molar-refractivity contribution in [3.63, 3.8) is 0 Å². The highest BCUT2D eigenvalue weighted by molar-refractivity contribution is 6.29. The molecule has 0 atom stereocenters. The van der Waals surface area contributed by atoms with E-state index in [2.05, 4.69) is 24.8 Å². The van der Waals surface area contributed by atoms with Crippen molar-refractivity contribution < 1.29 is 9.13 Å². The quantitative estimate of drug-likeness (QED) is 0.730. The Bertz CT molecular complexity index is 862. The fourth-order valence-electron chi connectivity index (χ4n) is 2.80. The molecule has 0 aromatic carbocycles. The van der Waals surface area contributed by atoms with Crippen LogP contribution in [0.2, 0.25) is 5.15 Å². The largest absolute Gasteiger partial charge is 0.378 e. The van der Waals surface area contributed by atoms with Crippen molar-refractivity contribution in [2.24, 2.45) is 0 Å². The van der Waals surface area contributed by atoms with Crippen LogP contribution in [0.25, 0.3) is 22.2 Å². The number of pyridine rings is 1. The Balaban J connectivity index is 1.92. The fraction of sp³-hybridized carbons (Fsp3) is 0.267. The monoisotopic (exact) mass is 333 g/mol. The van der Waals surface area contributed by atoms with Crippen molar-refractivity contribution in [1.29, 1.82) is 0 Å². The zero-order valence-electron chi connectivity index (χ0n) is 12.1. The van der Waals surface area contributed by atoms with Crippen LogP contribution in [0.1, 0.15) is 0 Å². The summed E-state index contributed by atoms with van der Waals surface area (Å²) in [5, 5.41) is 0.622. The van der Waals surface area contributed by atoms with Crippen LogP contribution < -0.4 is 4.90 Å². The Kier molecular flexibility index (Phi) is 3.59. The number of rotatable bonds is 2. The van der Waals surface area contributed by atoms with Gasteiger partial charge in [0.05, 0.1) is 18.6 Å². The van der Waals surface area contributed by atoms with Crippen LogP contribution >= 0.6 is 11.6 Å². The third-order valence-electron chi connectivity index (χ3n) is 3.90. The van der Waals surface area contributed by atoms with Crippen molar-refractivity contribution in [2.75, 3.05) is 31.2 Å². The van der Waals surface area contributed by atoms with Gasteiger partial charge in [-0.1, -0.05) is 11.6 Å². The first-order valence-corrected chi connectivity index (χ1v) is 7.58. The van der Waals surface area contributed by atoms with Gasteiger partial charge in [0.15, 0.2) is 11.0 Å². The highest BCUT2D eigenvalue weighted by atomic mass is 35.5. The topological polar surface area (TPSA) is 66.9 Å². The van der Waals surface area contributed by atoms with Crippen LogP contribution in [0.4, 0.5) is 10.2 Å². The zero-order valence-corrected chi connectivity index (χ0v) is 12.8. The Labute approximate surface area is 136 Å². The number of fused-ring (bicyclic) bond motifs is 1. The van der Waals surface area contributed by atoms with E-state index in [1.165, 1.54) is 12.5 Å². The maximum Gasteiger partial charge on any atom is 0.168 e. The van der Waals surface area contributed by atoms with E-state index in [9.17, 15) is 4.39 Å². The van der Waals surface area contributed by atoms with E-state index in [4.69, 9.17) is 16.3 Å². The summed E-state index contributed by atoms with van der Waals surface area (Å²) in [4.78, 5) is 17.6. The molecule has 0 spiro atoms. The third-order valence-corrected chi connectivity index (χ3v) is 4.16. The van der Waals surface area contributed by atoms with Crippen LogP contribution in [0.3, 0.4) is 0 Å². The van der Waals surface area contributed by atoms with E-state index in [0.29, 0.717) is 30.0 Å². The van der Waals surface area contributed by atoms with Gasteiger partial charge in [0.2, 0.25) is 0 Å². The minimum Gasteiger partial charge on any atom is -0.378 e. The van der Waals surface area contributed by atoms with Gasteiger partial charge < -0.3 is 14.6 Å². The van der Waals surface area contributed by atoms with Crippen LogP contribution in [-0.2, 0) is 4.74 Å². The number of nitrogens with one attached hydrogen (secondary N) is 1. The number of aromatic nitrogens is 4. The predicted octanol–water partition coefficient (Wildman–Crippen LogP) is 2.65. The second-order valence-corrected chi connectivity index (χ2v) is 5.54. The highest BCUT2D eigenvalue weighted by Crippen LogP contribution is 2.36. The van der Waals surface area contributed by atoms with E-state index < -0.39 is 5.82 Å². The van der Waals surface area contributed by atoms with Gasteiger partial charge in [-0.25, -0.2) is 19.3 Å². The lowest BCUT2D eigenvalue weighted by Crippen LogP contribution is -2.36. The number of H-pyrrole nitrogens is 1. The first-order valence-electron chi connectivity index (χ1n) is 7.21. The molecule has 4 heterocycles. The number of anilines is 1. The first kappa shape index (κ1) is 14.3. The van der Waals surface area contributed by atoms with Crippen molar-refractivity contribution in [3.8, 4) is 11.1 Å². The van der Waals surface area contributed by atoms with Crippen LogP contribution in [0, 0.1) is 5.82 Å². The van der Waals surface area contributed by atoms with E-state index in [1.807, 2.05) is 0 Å². The van der Waals surface area contributed by atoms with Gasteiger partial charge in [-0.15, -0.1) is 0 Å². The standard InChI is InChI=1S/C15H13ClFN5O/c16-13-12(17)9(1-2-18-13)10-7-19-14-11(10)15(21-8-20-14)22-3-5-23-6-4-22/h1-2,7-8H,3-6H2,(H,19,20,21). The van der Waals surface area contributed by atoms with Gasteiger partial charge in [-0.05, 0) is 6.07 Å². The maximum absolute atomic E-state index is 14.4. The molecule has 1 N–H and O–H groups in total. The molecule has 8 heteroatoms. The molecule has 0 radical (unpaired) electrons. The minimum absolute atomic E-state index is 0.151. The zero-order chi connectivity index (χ0) is 15.8. The number of hydrogen-bond donors (Lipinski definition) is 1. The Morgan fingerprint density at radius 3 is 2.83 bits per heavy atom.